The van der Waals surface area contributed by atoms with Crippen LogP contribution in [0.3, 0.4) is 0 Å². The fraction of sp³-hybridized carbons (Fsp3) is 0.200. The number of nitrogens with two attached hydrogens (primary N) is 2. The second-order valence-corrected chi connectivity index (χ2v) is 3.50. The van der Waals surface area contributed by atoms with Gasteiger partial charge in [-0.05, 0) is 12.1 Å². The number of rotatable bonds is 5. The molecule has 0 saturated heterocycles. The highest BCUT2D eigenvalue weighted by Gasteiger charge is 2.14. The molecule has 1 rings (SSSR count). The molecule has 0 radical (unpaired) electrons. The van der Waals surface area contributed by atoms with Crippen molar-refractivity contribution in [2.75, 3.05) is 12.3 Å². The van der Waals surface area contributed by atoms with Crippen molar-refractivity contribution in [1.82, 2.24) is 5.32 Å². The molecule has 0 saturated carbocycles. The Bertz CT molecular complexity index is 501. The summed E-state index contributed by atoms with van der Waals surface area (Å²) in [6, 6.07) is 3.64. The van der Waals surface area contributed by atoms with Crippen LogP contribution in [0, 0.1) is 10.1 Å². The van der Waals surface area contributed by atoms with Crippen LogP contribution in [0.2, 0.25) is 0 Å². The number of benzene rings is 1. The number of primary amides is 1. The van der Waals surface area contributed by atoms with Gasteiger partial charge in [-0.3, -0.25) is 19.7 Å². The van der Waals surface area contributed by atoms with E-state index in [9.17, 15) is 19.7 Å². The van der Waals surface area contributed by atoms with Crippen molar-refractivity contribution in [2.45, 2.75) is 6.42 Å². The van der Waals surface area contributed by atoms with Crippen LogP contribution in [0.5, 0.6) is 0 Å². The van der Waals surface area contributed by atoms with E-state index in [-0.39, 0.29) is 29.9 Å². The van der Waals surface area contributed by atoms with Crippen molar-refractivity contribution in [2.24, 2.45) is 5.73 Å². The summed E-state index contributed by atoms with van der Waals surface area (Å²) >= 11 is 0. The first-order valence-electron chi connectivity index (χ1n) is 5.02. The molecule has 1 aromatic rings. The summed E-state index contributed by atoms with van der Waals surface area (Å²) in [7, 11) is 0. The molecule has 0 heterocycles. The van der Waals surface area contributed by atoms with Gasteiger partial charge in [0.1, 0.15) is 5.69 Å². The molecule has 0 aliphatic heterocycles. The summed E-state index contributed by atoms with van der Waals surface area (Å²) in [4.78, 5) is 31.9. The van der Waals surface area contributed by atoms with E-state index in [0.717, 1.165) is 6.07 Å². The number of hydrogen-bond acceptors (Lipinski definition) is 5. The number of carbonyl (C=O) groups excluding carboxylic acids is 2. The summed E-state index contributed by atoms with van der Waals surface area (Å²) in [6.07, 6.45) is 0.0220. The van der Waals surface area contributed by atoms with Crippen molar-refractivity contribution in [3.63, 3.8) is 0 Å². The molecule has 0 aromatic heterocycles. The van der Waals surface area contributed by atoms with Gasteiger partial charge >= 0.3 is 0 Å². The lowest BCUT2D eigenvalue weighted by Gasteiger charge is -2.04. The Morgan fingerprint density at radius 1 is 1.39 bits per heavy atom. The van der Waals surface area contributed by atoms with Gasteiger partial charge in [0.2, 0.25) is 5.91 Å². The second kappa shape index (κ2) is 5.62. The zero-order valence-electron chi connectivity index (χ0n) is 9.38. The Morgan fingerprint density at radius 3 is 2.56 bits per heavy atom. The van der Waals surface area contributed by atoms with Crippen LogP contribution >= 0.6 is 0 Å². The van der Waals surface area contributed by atoms with E-state index < -0.39 is 16.7 Å². The van der Waals surface area contributed by atoms with Gasteiger partial charge in [0.15, 0.2) is 0 Å². The molecule has 0 unspecified atom stereocenters. The van der Waals surface area contributed by atoms with Crippen molar-refractivity contribution >= 4 is 23.2 Å². The van der Waals surface area contributed by atoms with Crippen molar-refractivity contribution < 1.29 is 14.5 Å². The molecule has 5 N–H and O–H groups in total. The van der Waals surface area contributed by atoms with Crippen LogP contribution in [0.1, 0.15) is 16.8 Å². The topological polar surface area (TPSA) is 141 Å². The summed E-state index contributed by atoms with van der Waals surface area (Å²) < 4.78 is 0. The number of nitrogens with one attached hydrogen (secondary N) is 1. The van der Waals surface area contributed by atoms with E-state index in [2.05, 4.69) is 5.32 Å². The van der Waals surface area contributed by atoms with Crippen LogP contribution in [0.25, 0.3) is 0 Å². The van der Waals surface area contributed by atoms with Gasteiger partial charge in [-0.15, -0.1) is 0 Å². The largest absolute Gasteiger partial charge is 0.393 e. The highest BCUT2D eigenvalue weighted by Crippen LogP contribution is 2.21. The number of amides is 2. The molecule has 18 heavy (non-hydrogen) atoms. The highest BCUT2D eigenvalue weighted by atomic mass is 16.6. The Kier molecular flexibility index (Phi) is 4.19. The maximum absolute atomic E-state index is 11.6. The number of anilines is 1. The number of nitrogen functional groups attached to an aromatic ring is 1. The third-order valence-electron chi connectivity index (χ3n) is 2.14. The summed E-state index contributed by atoms with van der Waals surface area (Å²) in [5, 5.41) is 13.0. The predicted octanol–water partition coefficient (Wildman–Crippen LogP) is -0.218. The fourth-order valence-corrected chi connectivity index (χ4v) is 1.26. The Balaban J connectivity index is 2.72. The van der Waals surface area contributed by atoms with Crippen LogP contribution in [0.4, 0.5) is 11.4 Å². The minimum atomic E-state index is -0.635. The van der Waals surface area contributed by atoms with Gasteiger partial charge < -0.3 is 16.8 Å². The van der Waals surface area contributed by atoms with Gasteiger partial charge in [0, 0.05) is 24.6 Å². The third-order valence-corrected chi connectivity index (χ3v) is 2.14. The second-order valence-electron chi connectivity index (χ2n) is 3.50. The SMILES string of the molecule is NC(=O)CCNC(=O)c1ccc([N+](=O)[O-])c(N)c1. The van der Waals surface area contributed by atoms with Crippen LogP contribution in [0.15, 0.2) is 18.2 Å². The standard InChI is InChI=1S/C10H12N4O4/c11-7-5-6(1-2-8(7)14(17)18)10(16)13-4-3-9(12)15/h1-2,5H,3-4,11H2,(H2,12,15)(H,13,16). The highest BCUT2D eigenvalue weighted by molar-refractivity contribution is 5.95. The van der Waals surface area contributed by atoms with E-state index in [0.29, 0.717) is 0 Å². The quantitative estimate of drug-likeness (QED) is 0.377. The lowest BCUT2D eigenvalue weighted by molar-refractivity contribution is -0.383. The number of nitro groups is 1. The molecule has 0 bridgehead atoms. The smallest absolute Gasteiger partial charge is 0.292 e. The zero-order valence-corrected chi connectivity index (χ0v) is 9.38. The summed E-state index contributed by atoms with van der Waals surface area (Å²) in [5.41, 5.74) is 10.2. The monoisotopic (exact) mass is 252 g/mol. The molecule has 0 fully saturated rings. The van der Waals surface area contributed by atoms with Gasteiger partial charge in [-0.2, -0.15) is 0 Å². The van der Waals surface area contributed by atoms with E-state index in [1.165, 1.54) is 12.1 Å². The van der Waals surface area contributed by atoms with Gasteiger partial charge in [0.05, 0.1) is 4.92 Å². The minimum absolute atomic E-state index is 0.0220. The summed E-state index contributed by atoms with van der Waals surface area (Å²) in [5.74, 6) is -1.00. The van der Waals surface area contributed by atoms with Crippen LogP contribution in [-0.2, 0) is 4.79 Å². The Hall–Kier alpha value is -2.64. The van der Waals surface area contributed by atoms with Gasteiger partial charge in [0.25, 0.3) is 11.6 Å². The first-order chi connectivity index (χ1) is 8.41. The van der Waals surface area contributed by atoms with E-state index >= 15 is 0 Å². The first-order valence-corrected chi connectivity index (χ1v) is 5.02. The van der Waals surface area contributed by atoms with Crippen LogP contribution < -0.4 is 16.8 Å². The molecule has 0 aliphatic rings. The maximum atomic E-state index is 11.6. The lowest BCUT2D eigenvalue weighted by atomic mass is 10.1. The molecule has 1 aromatic carbocycles. The average Bonchev–Trinajstić information content (AvgIpc) is 2.27. The Morgan fingerprint density at radius 2 is 2.06 bits per heavy atom. The lowest BCUT2D eigenvalue weighted by Crippen LogP contribution is -2.27. The van der Waals surface area contributed by atoms with Crippen molar-refractivity contribution in [1.29, 1.82) is 0 Å². The maximum Gasteiger partial charge on any atom is 0.292 e. The number of nitro benzene ring substituents is 1. The number of hydrogen-bond donors (Lipinski definition) is 3. The van der Waals surface area contributed by atoms with Gasteiger partial charge in [-0.1, -0.05) is 0 Å². The normalized spacial score (nSPS) is 9.78. The van der Waals surface area contributed by atoms with Crippen molar-refractivity contribution in [3.05, 3.63) is 33.9 Å². The fourth-order valence-electron chi connectivity index (χ4n) is 1.26. The average molecular weight is 252 g/mol. The molecule has 0 aliphatic carbocycles. The van der Waals surface area contributed by atoms with Crippen LogP contribution in [-0.4, -0.2) is 23.3 Å². The predicted molar refractivity (Wildman–Crippen MR) is 63.7 cm³/mol. The molecule has 96 valence electrons. The molecule has 0 spiro atoms. The number of carbonyl (C=O) groups is 2. The molecule has 8 nitrogen and oxygen atoms in total. The zero-order chi connectivity index (χ0) is 13.7. The molecular weight excluding hydrogens is 240 g/mol. The van der Waals surface area contributed by atoms with E-state index in [1.54, 1.807) is 0 Å². The molecule has 0 atom stereocenters. The van der Waals surface area contributed by atoms with Gasteiger partial charge in [-0.25, -0.2) is 0 Å². The number of nitrogens with zero attached hydrogens (tertiary/aromatic N) is 1. The van der Waals surface area contributed by atoms with E-state index in [4.69, 9.17) is 11.5 Å². The summed E-state index contributed by atoms with van der Waals surface area (Å²) in [6.45, 7) is 0.102. The van der Waals surface area contributed by atoms with E-state index in [1.807, 2.05) is 0 Å². The third kappa shape index (κ3) is 3.44. The Labute approximate surface area is 102 Å². The molecule has 8 heteroatoms. The molecular formula is C10H12N4O4. The minimum Gasteiger partial charge on any atom is -0.393 e. The van der Waals surface area contributed by atoms with Crippen molar-refractivity contribution in [3.8, 4) is 0 Å². The first kappa shape index (κ1) is 13.4. The molecule has 2 amide bonds.